The standard InChI is InChI=1S/C21H16ClN3O2.C21H15F2N3O2.C21H16FN3O2/c1-12-9-18-19(27-13(2)24-18)10-16(12)14-7-8-20(23-11-14)25-21(26)15-5-3-4-6-17(15)22;1-11-8-17-18(28-12(2)25-17)9-14(11)13-6-7-19(24-10-13)26-21(27)20-15(22)4-3-5-16(20)23;1-12-9-18-19(27-13(2)24-18)10-16(12)14-7-8-20(23-11-14)25-21(26)15-5-3-4-6-17(15)22/h3-11H,1-2H3,(H,23,25,26);3-10H,1-2H3,(H,24,26,27);3-11H,1-2H3,(H,23,25,26). The zero-order valence-electron chi connectivity index (χ0n) is 44.7. The quantitative estimate of drug-likeness (QED) is 0.124. The Bertz CT molecular complexity index is 4190. The van der Waals surface area contributed by atoms with Gasteiger partial charge in [-0.05, 0) is 163 Å². The number of benzene rings is 6. The topological polar surface area (TPSA) is 204 Å². The first-order valence-corrected chi connectivity index (χ1v) is 25.7. The normalized spacial score (nSPS) is 11.0. The van der Waals surface area contributed by atoms with E-state index in [-0.39, 0.29) is 17.3 Å². The minimum absolute atomic E-state index is 0.0228. The molecule has 82 heavy (non-hydrogen) atoms. The highest BCUT2D eigenvalue weighted by atomic mass is 35.5. The summed E-state index contributed by atoms with van der Waals surface area (Å²) in [5.41, 5.74) is 12.9. The fraction of sp³-hybridized carbons (Fsp3) is 0.0952. The highest BCUT2D eigenvalue weighted by Crippen LogP contribution is 2.32. The Morgan fingerprint density at radius 2 is 0.768 bits per heavy atom. The number of halogens is 4. The number of nitrogens with zero attached hydrogens (tertiary/aromatic N) is 6. The summed E-state index contributed by atoms with van der Waals surface area (Å²) in [6, 6.07) is 38.2. The highest BCUT2D eigenvalue weighted by Gasteiger charge is 2.19. The van der Waals surface area contributed by atoms with Crippen LogP contribution in [0.3, 0.4) is 0 Å². The van der Waals surface area contributed by atoms with Crippen LogP contribution in [0.4, 0.5) is 30.6 Å². The zero-order chi connectivity index (χ0) is 57.8. The molecule has 3 N–H and O–H groups in total. The number of oxazole rings is 3. The van der Waals surface area contributed by atoms with Crippen molar-refractivity contribution in [2.45, 2.75) is 41.5 Å². The van der Waals surface area contributed by atoms with Gasteiger partial charge in [0.2, 0.25) is 0 Å². The second kappa shape index (κ2) is 23.6. The van der Waals surface area contributed by atoms with Crippen LogP contribution in [0.15, 0.2) is 171 Å². The van der Waals surface area contributed by atoms with Gasteiger partial charge in [-0.1, -0.05) is 41.9 Å². The van der Waals surface area contributed by atoms with Crippen LogP contribution < -0.4 is 16.0 Å². The zero-order valence-corrected chi connectivity index (χ0v) is 45.4. The number of anilines is 3. The molecular formula is C63H47ClF3N9O6. The lowest BCUT2D eigenvalue weighted by Crippen LogP contribution is -2.16. The minimum Gasteiger partial charge on any atom is -0.441 e. The van der Waals surface area contributed by atoms with E-state index in [0.717, 1.165) is 84.3 Å². The number of nitrogens with one attached hydrogen (secondary N) is 3. The van der Waals surface area contributed by atoms with Crippen LogP contribution in [0.5, 0.6) is 0 Å². The number of aryl methyl sites for hydroxylation is 6. The van der Waals surface area contributed by atoms with Gasteiger partial charge in [-0.3, -0.25) is 14.4 Å². The number of fused-ring (bicyclic) bond motifs is 3. The molecule has 6 aromatic carbocycles. The second-order valence-electron chi connectivity index (χ2n) is 18.8. The van der Waals surface area contributed by atoms with Crippen LogP contribution in [-0.2, 0) is 0 Å². The van der Waals surface area contributed by atoms with Gasteiger partial charge in [-0.15, -0.1) is 0 Å². The Balaban J connectivity index is 0.000000138. The molecule has 19 heteroatoms. The van der Waals surface area contributed by atoms with E-state index >= 15 is 0 Å². The molecule has 12 rings (SSSR count). The molecule has 0 spiro atoms. The Morgan fingerprint density at radius 1 is 0.415 bits per heavy atom. The summed E-state index contributed by atoms with van der Waals surface area (Å²) >= 11 is 6.06. The van der Waals surface area contributed by atoms with Gasteiger partial charge in [0.15, 0.2) is 34.4 Å². The first-order chi connectivity index (χ1) is 39.4. The molecule has 6 aromatic heterocycles. The fourth-order valence-electron chi connectivity index (χ4n) is 8.95. The Labute approximate surface area is 471 Å². The van der Waals surface area contributed by atoms with Gasteiger partial charge < -0.3 is 29.2 Å². The van der Waals surface area contributed by atoms with Crippen LogP contribution >= 0.6 is 11.6 Å². The minimum atomic E-state index is -0.930. The predicted molar refractivity (Wildman–Crippen MR) is 308 cm³/mol. The summed E-state index contributed by atoms with van der Waals surface area (Å²) in [6.07, 6.45) is 4.96. The lowest BCUT2D eigenvalue weighted by Gasteiger charge is -2.09. The van der Waals surface area contributed by atoms with Gasteiger partial charge in [-0.2, -0.15) is 0 Å². The Kier molecular flexibility index (Phi) is 15.8. The van der Waals surface area contributed by atoms with E-state index in [1.807, 2.05) is 83.1 Å². The van der Waals surface area contributed by atoms with Crippen molar-refractivity contribution in [3.8, 4) is 33.4 Å². The summed E-state index contributed by atoms with van der Waals surface area (Å²) in [5, 5.41) is 8.18. The number of rotatable bonds is 9. The Hall–Kier alpha value is -10.3. The van der Waals surface area contributed by atoms with Gasteiger partial charge in [0.25, 0.3) is 17.7 Å². The van der Waals surface area contributed by atoms with E-state index in [9.17, 15) is 27.6 Å². The molecule has 0 unspecified atom stereocenters. The van der Waals surface area contributed by atoms with E-state index in [1.54, 1.807) is 80.1 Å². The molecule has 0 atom stereocenters. The van der Waals surface area contributed by atoms with E-state index in [1.165, 1.54) is 24.3 Å². The average molecular weight is 1120 g/mol. The number of aromatic nitrogens is 6. The monoisotopic (exact) mass is 1120 g/mol. The predicted octanol–water partition coefficient (Wildman–Crippen LogP) is 15.3. The van der Waals surface area contributed by atoms with Gasteiger partial charge in [0.1, 0.15) is 57.0 Å². The van der Waals surface area contributed by atoms with Crippen LogP contribution in [0, 0.1) is 59.0 Å². The molecule has 0 fully saturated rings. The van der Waals surface area contributed by atoms with Crippen LogP contribution in [-0.4, -0.2) is 47.6 Å². The lowest BCUT2D eigenvalue weighted by atomic mass is 10.0. The summed E-state index contributed by atoms with van der Waals surface area (Å²) in [7, 11) is 0. The third-order valence-corrected chi connectivity index (χ3v) is 13.2. The van der Waals surface area contributed by atoms with Crippen LogP contribution in [0.1, 0.15) is 65.4 Å². The number of carbonyl (C=O) groups is 3. The summed E-state index contributed by atoms with van der Waals surface area (Å²) in [5.74, 6) is -1.33. The number of pyridine rings is 3. The Morgan fingerprint density at radius 3 is 1.15 bits per heavy atom. The summed E-state index contributed by atoms with van der Waals surface area (Å²) in [6.45, 7) is 11.4. The van der Waals surface area contributed by atoms with Crippen molar-refractivity contribution >= 4 is 80.1 Å². The molecular weight excluding hydrogens is 1070 g/mol. The average Bonchev–Trinajstić information content (AvgIpc) is 4.34. The molecule has 0 aliphatic heterocycles. The molecule has 12 aromatic rings. The molecule has 0 radical (unpaired) electrons. The first-order valence-electron chi connectivity index (χ1n) is 25.3. The third kappa shape index (κ3) is 12.3. The second-order valence-corrected chi connectivity index (χ2v) is 19.2. The van der Waals surface area contributed by atoms with E-state index in [2.05, 4.69) is 45.9 Å². The number of amides is 3. The smallest absolute Gasteiger partial charge is 0.262 e. The van der Waals surface area contributed by atoms with E-state index in [0.29, 0.717) is 51.1 Å². The van der Waals surface area contributed by atoms with E-state index in [4.69, 9.17) is 24.9 Å². The van der Waals surface area contributed by atoms with Crippen molar-refractivity contribution in [1.82, 2.24) is 29.9 Å². The van der Waals surface area contributed by atoms with Crippen molar-refractivity contribution in [3.05, 3.63) is 232 Å². The molecule has 0 aliphatic carbocycles. The number of carbonyl (C=O) groups excluding carboxylic acids is 3. The molecule has 0 saturated heterocycles. The maximum atomic E-state index is 13.7. The van der Waals surface area contributed by atoms with Crippen LogP contribution in [0.2, 0.25) is 5.02 Å². The number of hydrogen-bond donors (Lipinski definition) is 3. The molecule has 0 saturated carbocycles. The maximum Gasteiger partial charge on any atom is 0.262 e. The van der Waals surface area contributed by atoms with Gasteiger partial charge in [-0.25, -0.2) is 43.1 Å². The molecule has 15 nitrogen and oxygen atoms in total. The van der Waals surface area contributed by atoms with Crippen molar-refractivity contribution < 1.29 is 40.8 Å². The van der Waals surface area contributed by atoms with Gasteiger partial charge in [0, 0.05) is 56.1 Å². The van der Waals surface area contributed by atoms with Crippen molar-refractivity contribution in [1.29, 1.82) is 0 Å². The lowest BCUT2D eigenvalue weighted by molar-refractivity contribution is 0.101. The highest BCUT2D eigenvalue weighted by molar-refractivity contribution is 6.34. The molecule has 3 amide bonds. The van der Waals surface area contributed by atoms with Gasteiger partial charge >= 0.3 is 0 Å². The third-order valence-electron chi connectivity index (χ3n) is 12.9. The SMILES string of the molecule is Cc1nc2cc(C)c(-c3ccc(NC(=O)c4c(F)cccc4F)nc3)cc2o1.Cc1nc2cc(C)c(-c3ccc(NC(=O)c4ccccc4Cl)nc3)cc2o1.Cc1nc2cc(C)c(-c3ccc(NC(=O)c4ccccc4F)nc3)cc2o1. The number of hydrogen-bond acceptors (Lipinski definition) is 12. The maximum absolute atomic E-state index is 13.7. The van der Waals surface area contributed by atoms with Gasteiger partial charge in [0.05, 0.1) is 16.1 Å². The van der Waals surface area contributed by atoms with Crippen LogP contribution in [0.25, 0.3) is 66.7 Å². The summed E-state index contributed by atoms with van der Waals surface area (Å²) < 4.78 is 58.0. The van der Waals surface area contributed by atoms with E-state index < -0.39 is 34.8 Å². The summed E-state index contributed by atoms with van der Waals surface area (Å²) in [4.78, 5) is 62.5. The molecule has 0 bridgehead atoms. The molecule has 0 aliphatic rings. The molecule has 6 heterocycles. The largest absolute Gasteiger partial charge is 0.441 e. The van der Waals surface area contributed by atoms with Crippen molar-refractivity contribution in [3.63, 3.8) is 0 Å². The van der Waals surface area contributed by atoms with Crippen molar-refractivity contribution in [2.75, 3.05) is 16.0 Å². The molecule has 408 valence electrons. The van der Waals surface area contributed by atoms with Crippen molar-refractivity contribution in [2.24, 2.45) is 0 Å². The first kappa shape index (κ1) is 55.0. The fourth-order valence-corrected chi connectivity index (χ4v) is 9.17.